The Balaban J connectivity index is 1.64. The van der Waals surface area contributed by atoms with Gasteiger partial charge in [-0.1, -0.05) is 23.7 Å². The van der Waals surface area contributed by atoms with Crippen LogP contribution in [0.4, 0.5) is 11.4 Å². The van der Waals surface area contributed by atoms with Crippen LogP contribution >= 0.6 is 34.3 Å². The second-order valence-corrected chi connectivity index (χ2v) is 7.32. The van der Waals surface area contributed by atoms with Gasteiger partial charge in [0.1, 0.15) is 0 Å². The van der Waals surface area contributed by atoms with E-state index in [1.54, 1.807) is 24.3 Å². The number of hydrogen-bond acceptors (Lipinski definition) is 4. The number of carbonyl (C=O) groups excluding carboxylic acids is 2. The van der Waals surface area contributed by atoms with Crippen molar-refractivity contribution in [3.8, 4) is 0 Å². The summed E-state index contributed by atoms with van der Waals surface area (Å²) in [5.74, 6) is -0.315. The molecule has 0 unspecified atom stereocenters. The van der Waals surface area contributed by atoms with Gasteiger partial charge in [0, 0.05) is 10.6 Å². The van der Waals surface area contributed by atoms with E-state index in [1.165, 1.54) is 22.7 Å². The molecular weight excluding hydrogens is 364 g/mol. The van der Waals surface area contributed by atoms with Gasteiger partial charge in [-0.3, -0.25) is 9.59 Å². The summed E-state index contributed by atoms with van der Waals surface area (Å²) in [7, 11) is 0. The zero-order valence-corrected chi connectivity index (χ0v) is 14.8. The average molecular weight is 377 g/mol. The van der Waals surface area contributed by atoms with E-state index in [2.05, 4.69) is 10.6 Å². The molecule has 7 heteroatoms. The van der Waals surface area contributed by atoms with Gasteiger partial charge in [-0.15, -0.1) is 22.7 Å². The number of carbonyl (C=O) groups is 2. The zero-order chi connectivity index (χ0) is 16.9. The van der Waals surface area contributed by atoms with Crippen LogP contribution in [0.3, 0.4) is 0 Å². The second kappa shape index (κ2) is 7.61. The molecule has 0 aliphatic heterocycles. The average Bonchev–Trinajstić information content (AvgIpc) is 3.23. The number of thiophene rings is 2. The van der Waals surface area contributed by atoms with Crippen molar-refractivity contribution in [2.45, 2.75) is 6.42 Å². The molecule has 0 fully saturated rings. The van der Waals surface area contributed by atoms with Crippen LogP contribution in [0.5, 0.6) is 0 Å². The highest BCUT2D eigenvalue weighted by Crippen LogP contribution is 2.26. The van der Waals surface area contributed by atoms with E-state index in [0.29, 0.717) is 27.7 Å². The molecule has 2 aromatic heterocycles. The van der Waals surface area contributed by atoms with E-state index >= 15 is 0 Å². The lowest BCUT2D eigenvalue weighted by Gasteiger charge is -2.09. The van der Waals surface area contributed by atoms with Crippen LogP contribution in [0.25, 0.3) is 0 Å². The standard InChI is InChI=1S/C17H13ClN2O2S2/c18-13-9-11(19-16(21)10-12-3-1-7-23-12)5-6-14(13)20-17(22)15-4-2-8-24-15/h1-9H,10H2,(H,19,21)(H,20,22). The summed E-state index contributed by atoms with van der Waals surface area (Å²) in [5.41, 5.74) is 1.10. The zero-order valence-electron chi connectivity index (χ0n) is 12.4. The number of rotatable bonds is 5. The summed E-state index contributed by atoms with van der Waals surface area (Å²) >= 11 is 9.10. The SMILES string of the molecule is O=C(Cc1cccs1)Nc1ccc(NC(=O)c2cccs2)c(Cl)c1. The van der Waals surface area contributed by atoms with E-state index < -0.39 is 0 Å². The minimum Gasteiger partial charge on any atom is -0.326 e. The highest BCUT2D eigenvalue weighted by Gasteiger charge is 2.11. The van der Waals surface area contributed by atoms with Gasteiger partial charge in [-0.2, -0.15) is 0 Å². The quantitative estimate of drug-likeness (QED) is 0.665. The van der Waals surface area contributed by atoms with Crippen molar-refractivity contribution in [1.29, 1.82) is 0 Å². The largest absolute Gasteiger partial charge is 0.326 e. The van der Waals surface area contributed by atoms with Gasteiger partial charge in [-0.25, -0.2) is 0 Å². The summed E-state index contributed by atoms with van der Waals surface area (Å²) in [6.07, 6.45) is 0.326. The van der Waals surface area contributed by atoms with Gasteiger partial charge < -0.3 is 10.6 Å². The topological polar surface area (TPSA) is 58.2 Å². The molecule has 3 aromatic rings. The molecule has 0 spiro atoms. The number of benzene rings is 1. The number of halogens is 1. The Labute approximate surface area is 152 Å². The van der Waals surface area contributed by atoms with E-state index in [0.717, 1.165) is 4.88 Å². The molecule has 0 atom stereocenters. The molecule has 2 heterocycles. The van der Waals surface area contributed by atoms with E-state index in [9.17, 15) is 9.59 Å². The third kappa shape index (κ3) is 4.23. The van der Waals surface area contributed by atoms with Crippen molar-refractivity contribution in [3.63, 3.8) is 0 Å². The number of anilines is 2. The smallest absolute Gasteiger partial charge is 0.265 e. The molecule has 0 aliphatic carbocycles. The maximum absolute atomic E-state index is 12.0. The van der Waals surface area contributed by atoms with E-state index in [1.807, 2.05) is 29.0 Å². The van der Waals surface area contributed by atoms with Crippen LogP contribution in [0, 0.1) is 0 Å². The van der Waals surface area contributed by atoms with Crippen LogP contribution in [-0.2, 0) is 11.2 Å². The molecule has 0 saturated carbocycles. The monoisotopic (exact) mass is 376 g/mol. The van der Waals surface area contributed by atoms with Crippen molar-refractivity contribution < 1.29 is 9.59 Å². The minimum absolute atomic E-state index is 0.108. The van der Waals surface area contributed by atoms with Crippen molar-refractivity contribution >= 4 is 57.5 Å². The summed E-state index contributed by atoms with van der Waals surface area (Å²) in [4.78, 5) is 25.6. The fraction of sp³-hybridized carbons (Fsp3) is 0.0588. The lowest BCUT2D eigenvalue weighted by molar-refractivity contribution is -0.115. The molecule has 2 N–H and O–H groups in total. The Kier molecular flexibility index (Phi) is 5.30. The molecular formula is C17H13ClN2O2S2. The first-order chi connectivity index (χ1) is 11.6. The fourth-order valence-corrected chi connectivity index (χ4v) is 3.61. The number of nitrogens with one attached hydrogen (secondary N) is 2. The Morgan fingerprint density at radius 2 is 1.79 bits per heavy atom. The number of hydrogen-bond donors (Lipinski definition) is 2. The predicted molar refractivity (Wildman–Crippen MR) is 100 cm³/mol. The van der Waals surface area contributed by atoms with Crippen LogP contribution in [0.1, 0.15) is 14.5 Å². The summed E-state index contributed by atoms with van der Waals surface area (Å²) in [5, 5.41) is 9.70. The van der Waals surface area contributed by atoms with Gasteiger partial charge >= 0.3 is 0 Å². The summed E-state index contributed by atoms with van der Waals surface area (Å²) in [6.45, 7) is 0. The molecule has 2 amide bonds. The normalized spacial score (nSPS) is 10.4. The fourth-order valence-electron chi connectivity index (χ4n) is 2.06. The molecule has 0 bridgehead atoms. The van der Waals surface area contributed by atoms with Crippen molar-refractivity contribution in [3.05, 3.63) is 68.0 Å². The van der Waals surface area contributed by atoms with Gasteiger partial charge in [-0.05, 0) is 41.1 Å². The van der Waals surface area contributed by atoms with Crippen LogP contribution < -0.4 is 10.6 Å². The Morgan fingerprint density at radius 1 is 1.00 bits per heavy atom. The first-order valence-electron chi connectivity index (χ1n) is 7.08. The van der Waals surface area contributed by atoms with Gasteiger partial charge in [0.05, 0.1) is 22.0 Å². The van der Waals surface area contributed by atoms with Crippen molar-refractivity contribution in [2.24, 2.45) is 0 Å². The third-order valence-corrected chi connectivity index (χ3v) is 5.22. The molecule has 122 valence electrons. The lowest BCUT2D eigenvalue weighted by atomic mass is 10.2. The second-order valence-electron chi connectivity index (χ2n) is 4.93. The van der Waals surface area contributed by atoms with Gasteiger partial charge in [0.25, 0.3) is 5.91 Å². The molecule has 0 radical (unpaired) electrons. The summed E-state index contributed by atoms with van der Waals surface area (Å²) in [6, 6.07) is 12.4. The lowest BCUT2D eigenvalue weighted by Crippen LogP contribution is -2.14. The molecule has 0 aliphatic rings. The Morgan fingerprint density at radius 3 is 2.46 bits per heavy atom. The maximum Gasteiger partial charge on any atom is 0.265 e. The molecule has 1 aromatic carbocycles. The first kappa shape index (κ1) is 16.7. The third-order valence-electron chi connectivity index (χ3n) is 3.16. The summed E-state index contributed by atoms with van der Waals surface area (Å²) < 4.78 is 0. The van der Waals surface area contributed by atoms with Gasteiger partial charge in [0.15, 0.2) is 0 Å². The van der Waals surface area contributed by atoms with Crippen LogP contribution in [0.2, 0.25) is 5.02 Å². The molecule has 3 rings (SSSR count). The minimum atomic E-state index is -0.207. The number of amides is 2. The predicted octanol–water partition coefficient (Wildman–Crippen LogP) is 4.90. The first-order valence-corrected chi connectivity index (χ1v) is 9.22. The van der Waals surface area contributed by atoms with Gasteiger partial charge in [0.2, 0.25) is 5.91 Å². The molecule has 0 saturated heterocycles. The maximum atomic E-state index is 12.0. The Bertz CT molecular complexity index is 846. The van der Waals surface area contributed by atoms with Crippen molar-refractivity contribution in [2.75, 3.05) is 10.6 Å². The van der Waals surface area contributed by atoms with E-state index in [-0.39, 0.29) is 11.8 Å². The highest BCUT2D eigenvalue weighted by atomic mass is 35.5. The van der Waals surface area contributed by atoms with Crippen molar-refractivity contribution in [1.82, 2.24) is 0 Å². The molecule has 4 nitrogen and oxygen atoms in total. The van der Waals surface area contributed by atoms with E-state index in [4.69, 9.17) is 11.6 Å². The van der Waals surface area contributed by atoms with Crippen LogP contribution in [-0.4, -0.2) is 11.8 Å². The molecule has 24 heavy (non-hydrogen) atoms. The Hall–Kier alpha value is -2.15. The van der Waals surface area contributed by atoms with Crippen LogP contribution in [0.15, 0.2) is 53.2 Å². The highest BCUT2D eigenvalue weighted by molar-refractivity contribution is 7.12.